The van der Waals surface area contributed by atoms with Crippen molar-refractivity contribution in [1.82, 2.24) is 4.57 Å². The summed E-state index contributed by atoms with van der Waals surface area (Å²) in [6.45, 7) is 10.6. The van der Waals surface area contributed by atoms with E-state index in [1.54, 1.807) is 0 Å². The number of rotatable bonds is 7. The molecule has 1 heteroatoms. The molecule has 0 atom stereocenters. The first kappa shape index (κ1) is 25.3. The summed E-state index contributed by atoms with van der Waals surface area (Å²) in [6, 6.07) is 26.4. The summed E-state index contributed by atoms with van der Waals surface area (Å²) in [5.74, 6) is 0. The number of hydrogen-bond donors (Lipinski definition) is 0. The number of aromatic nitrogens is 1. The van der Waals surface area contributed by atoms with Crippen LogP contribution in [-0.2, 0) is 0 Å². The third-order valence-electron chi connectivity index (χ3n) is 7.22. The fourth-order valence-corrected chi connectivity index (χ4v) is 5.16. The van der Waals surface area contributed by atoms with Crippen LogP contribution < -0.4 is 0 Å². The van der Waals surface area contributed by atoms with Crippen molar-refractivity contribution in [3.63, 3.8) is 0 Å². The van der Waals surface area contributed by atoms with Crippen LogP contribution in [0.25, 0.3) is 45.1 Å². The van der Waals surface area contributed by atoms with Gasteiger partial charge in [-0.2, -0.15) is 0 Å². The van der Waals surface area contributed by atoms with Crippen LogP contribution in [-0.4, -0.2) is 4.57 Å². The topological polar surface area (TPSA) is 4.93 Å². The van der Waals surface area contributed by atoms with Gasteiger partial charge < -0.3 is 4.57 Å². The summed E-state index contributed by atoms with van der Waals surface area (Å²) in [4.78, 5) is 0. The molecule has 0 unspecified atom stereocenters. The lowest BCUT2D eigenvalue weighted by Gasteiger charge is -2.12. The van der Waals surface area contributed by atoms with Gasteiger partial charge in [0.05, 0.1) is 11.2 Å². The fraction of sp³-hybridized carbons (Fsp3) is 0.135. The Hall–Kier alpha value is -4.36. The first-order chi connectivity index (χ1) is 18.6. The minimum atomic E-state index is 1.05. The maximum atomic E-state index is 4.11. The third kappa shape index (κ3) is 5.19. The Labute approximate surface area is 227 Å². The van der Waals surface area contributed by atoms with Gasteiger partial charge in [0.15, 0.2) is 0 Å². The maximum Gasteiger partial charge on any atom is 0.0540 e. The van der Waals surface area contributed by atoms with Crippen LogP contribution in [0.2, 0.25) is 0 Å². The van der Waals surface area contributed by atoms with Gasteiger partial charge in [0.25, 0.3) is 0 Å². The van der Waals surface area contributed by atoms with E-state index in [4.69, 9.17) is 0 Å². The second kappa shape index (κ2) is 11.4. The van der Waals surface area contributed by atoms with Gasteiger partial charge in [-0.15, -0.1) is 0 Å². The first-order valence-corrected chi connectivity index (χ1v) is 13.4. The SMILES string of the molecule is C=C/C(=C\C=C/C)n1c(-c2ccccc2)cc2cc(-c3ccc(/C=C(\C)C4=CCCC=C4)c(C)c3)ccc21. The quantitative estimate of drug-likeness (QED) is 0.226. The van der Waals surface area contributed by atoms with Gasteiger partial charge in [-0.25, -0.2) is 0 Å². The zero-order valence-corrected chi connectivity index (χ0v) is 22.6. The largest absolute Gasteiger partial charge is 0.309 e. The average molecular weight is 494 g/mol. The third-order valence-corrected chi connectivity index (χ3v) is 7.22. The minimum Gasteiger partial charge on any atom is -0.309 e. The molecule has 1 aliphatic rings. The summed E-state index contributed by atoms with van der Waals surface area (Å²) < 4.78 is 2.30. The molecule has 0 bridgehead atoms. The van der Waals surface area contributed by atoms with Gasteiger partial charge in [-0.1, -0.05) is 97.6 Å². The lowest BCUT2D eigenvalue weighted by molar-refractivity contribution is 1.02. The number of hydrogen-bond acceptors (Lipinski definition) is 0. The highest BCUT2D eigenvalue weighted by molar-refractivity contribution is 5.94. The Kier molecular flexibility index (Phi) is 7.56. The summed E-state index contributed by atoms with van der Waals surface area (Å²) >= 11 is 0. The van der Waals surface area contributed by atoms with Crippen LogP contribution in [0.15, 0.2) is 133 Å². The summed E-state index contributed by atoms with van der Waals surface area (Å²) in [5, 5.41) is 1.21. The number of aryl methyl sites for hydroxylation is 1. The predicted molar refractivity (Wildman–Crippen MR) is 167 cm³/mol. The van der Waals surface area contributed by atoms with Crippen LogP contribution in [0, 0.1) is 6.92 Å². The van der Waals surface area contributed by atoms with Gasteiger partial charge in [0.2, 0.25) is 0 Å². The molecular weight excluding hydrogens is 458 g/mol. The van der Waals surface area contributed by atoms with Crippen LogP contribution in [0.4, 0.5) is 0 Å². The van der Waals surface area contributed by atoms with Crippen molar-refractivity contribution in [3.8, 4) is 22.4 Å². The minimum absolute atomic E-state index is 1.05. The molecule has 0 saturated heterocycles. The van der Waals surface area contributed by atoms with E-state index in [1.165, 1.54) is 49.9 Å². The Bertz CT molecular complexity index is 1630. The molecule has 0 spiro atoms. The summed E-state index contributed by atoms with van der Waals surface area (Å²) in [5.41, 5.74) is 12.2. The van der Waals surface area contributed by atoms with E-state index < -0.39 is 0 Å². The molecule has 188 valence electrons. The van der Waals surface area contributed by atoms with E-state index in [-0.39, 0.29) is 0 Å². The Morgan fingerprint density at radius 2 is 1.68 bits per heavy atom. The normalized spacial score (nSPS) is 14.3. The van der Waals surface area contributed by atoms with Crippen molar-refractivity contribution in [1.29, 1.82) is 0 Å². The molecule has 3 aromatic carbocycles. The van der Waals surface area contributed by atoms with E-state index in [0.717, 1.165) is 24.2 Å². The standard InChI is InChI=1S/C37H35N/c1-5-7-18-35(6-2)38-36-22-21-33(25-34(36)26-37(38)30-16-12-9-13-17-30)32-20-19-31(28(4)24-32)23-27(3)29-14-10-8-11-15-29/h5-7,9-10,12-26H,2,8,11H2,1,3-4H3/b7-5-,27-23+,35-18+. The lowest BCUT2D eigenvalue weighted by atomic mass is 9.95. The van der Waals surface area contributed by atoms with E-state index in [1.807, 2.05) is 19.1 Å². The van der Waals surface area contributed by atoms with Gasteiger partial charge in [0, 0.05) is 11.1 Å². The van der Waals surface area contributed by atoms with E-state index in [2.05, 4.69) is 134 Å². The van der Waals surface area contributed by atoms with Gasteiger partial charge in [0.1, 0.15) is 0 Å². The molecule has 0 fully saturated rings. The van der Waals surface area contributed by atoms with E-state index in [0.29, 0.717) is 0 Å². The smallest absolute Gasteiger partial charge is 0.0540 e. The zero-order chi connectivity index (χ0) is 26.5. The summed E-state index contributed by atoms with van der Waals surface area (Å²) in [6.07, 6.45) is 19.6. The van der Waals surface area contributed by atoms with Gasteiger partial charge >= 0.3 is 0 Å². The van der Waals surface area contributed by atoms with Crippen LogP contribution >= 0.6 is 0 Å². The molecule has 0 amide bonds. The van der Waals surface area contributed by atoms with E-state index >= 15 is 0 Å². The Morgan fingerprint density at radius 3 is 2.39 bits per heavy atom. The van der Waals surface area contributed by atoms with Gasteiger partial charge in [-0.05, 0) is 103 Å². The molecule has 0 aliphatic heterocycles. The van der Waals surface area contributed by atoms with Crippen molar-refractivity contribution in [2.75, 3.05) is 0 Å². The number of fused-ring (bicyclic) bond motifs is 1. The molecule has 1 aliphatic carbocycles. The Morgan fingerprint density at radius 1 is 0.895 bits per heavy atom. The van der Waals surface area contributed by atoms with Crippen molar-refractivity contribution < 1.29 is 0 Å². The second-order valence-corrected chi connectivity index (χ2v) is 9.86. The summed E-state index contributed by atoms with van der Waals surface area (Å²) in [7, 11) is 0. The molecule has 0 saturated carbocycles. The molecular formula is C37H35N. The van der Waals surface area contributed by atoms with E-state index in [9.17, 15) is 0 Å². The molecule has 1 nitrogen and oxygen atoms in total. The number of nitrogens with zero attached hydrogens (tertiary/aromatic N) is 1. The van der Waals surface area contributed by atoms with Crippen LogP contribution in [0.3, 0.4) is 0 Å². The molecule has 0 radical (unpaired) electrons. The average Bonchev–Trinajstić information content (AvgIpc) is 3.34. The second-order valence-electron chi connectivity index (χ2n) is 9.86. The highest BCUT2D eigenvalue weighted by atomic mass is 15.0. The molecule has 1 heterocycles. The number of benzene rings is 3. The zero-order valence-electron chi connectivity index (χ0n) is 22.6. The van der Waals surface area contributed by atoms with Crippen LogP contribution in [0.1, 0.15) is 37.8 Å². The first-order valence-electron chi connectivity index (χ1n) is 13.4. The molecule has 38 heavy (non-hydrogen) atoms. The van der Waals surface area contributed by atoms with Gasteiger partial charge in [-0.3, -0.25) is 0 Å². The van der Waals surface area contributed by atoms with Crippen molar-refractivity contribution in [2.45, 2.75) is 33.6 Å². The predicted octanol–water partition coefficient (Wildman–Crippen LogP) is 10.6. The fourth-order valence-electron chi connectivity index (χ4n) is 5.16. The maximum absolute atomic E-state index is 4.11. The monoisotopic (exact) mass is 493 g/mol. The highest BCUT2D eigenvalue weighted by Crippen LogP contribution is 2.35. The molecule has 1 aromatic heterocycles. The molecule has 0 N–H and O–H groups in total. The van der Waals surface area contributed by atoms with Crippen molar-refractivity contribution >= 4 is 22.7 Å². The lowest BCUT2D eigenvalue weighted by Crippen LogP contribution is -1.97. The Balaban J connectivity index is 1.57. The number of allylic oxidation sites excluding steroid dienone is 10. The van der Waals surface area contributed by atoms with Crippen molar-refractivity contribution in [3.05, 3.63) is 144 Å². The van der Waals surface area contributed by atoms with Crippen molar-refractivity contribution in [2.24, 2.45) is 0 Å². The molecule has 5 rings (SSSR count). The molecule has 4 aromatic rings. The highest BCUT2D eigenvalue weighted by Gasteiger charge is 2.14. The van der Waals surface area contributed by atoms with Crippen LogP contribution in [0.5, 0.6) is 0 Å².